The van der Waals surface area contributed by atoms with Gasteiger partial charge in [-0.3, -0.25) is 0 Å². The molecule has 0 saturated carbocycles. The Morgan fingerprint density at radius 3 is 2.63 bits per heavy atom. The van der Waals surface area contributed by atoms with Gasteiger partial charge < -0.3 is 20.5 Å². The highest BCUT2D eigenvalue weighted by Gasteiger charge is 2.27. The van der Waals surface area contributed by atoms with Crippen LogP contribution in [0.15, 0.2) is 18.2 Å². The number of benzene rings is 1. The largest absolute Gasteiger partial charge is 0.465 e. The van der Waals surface area contributed by atoms with E-state index < -0.39 is 11.6 Å². The molecule has 104 valence electrons. The maximum absolute atomic E-state index is 11.6. The fourth-order valence-corrected chi connectivity index (χ4v) is 2.27. The molecular weight excluding hydrogens is 244 g/mol. The molecule has 0 amide bonds. The number of rotatable bonds is 2. The molecule has 1 fully saturated rings. The first-order valence-electron chi connectivity index (χ1n) is 6.38. The molecule has 0 spiro atoms. The van der Waals surface area contributed by atoms with E-state index in [1.807, 2.05) is 13.0 Å². The first-order chi connectivity index (χ1) is 8.93. The normalized spacial score (nSPS) is 18.2. The molecule has 19 heavy (non-hydrogen) atoms. The summed E-state index contributed by atoms with van der Waals surface area (Å²) in [5.74, 6) is -0.427. The van der Waals surface area contributed by atoms with Crippen LogP contribution in [0, 0.1) is 0 Å². The monoisotopic (exact) mass is 264 g/mol. The van der Waals surface area contributed by atoms with Crippen molar-refractivity contribution in [1.82, 2.24) is 0 Å². The number of esters is 1. The SMILES string of the molecule is COC(=O)c1cc(N2CCC(C)(O)CC2)ccc1N. The average molecular weight is 264 g/mol. The van der Waals surface area contributed by atoms with Crippen molar-refractivity contribution < 1.29 is 14.6 Å². The van der Waals surface area contributed by atoms with E-state index in [0.717, 1.165) is 18.8 Å². The maximum Gasteiger partial charge on any atom is 0.340 e. The molecule has 0 unspecified atom stereocenters. The third kappa shape index (κ3) is 2.98. The van der Waals surface area contributed by atoms with Crippen molar-refractivity contribution in [3.05, 3.63) is 23.8 Å². The van der Waals surface area contributed by atoms with Crippen molar-refractivity contribution in [1.29, 1.82) is 0 Å². The van der Waals surface area contributed by atoms with Gasteiger partial charge in [-0.15, -0.1) is 0 Å². The maximum atomic E-state index is 11.6. The minimum Gasteiger partial charge on any atom is -0.465 e. The minimum atomic E-state index is -0.588. The molecule has 1 saturated heterocycles. The quantitative estimate of drug-likeness (QED) is 0.624. The summed E-state index contributed by atoms with van der Waals surface area (Å²) in [6.45, 7) is 3.38. The first kappa shape index (κ1) is 13.7. The standard InChI is InChI=1S/C14H20N2O3/c1-14(18)5-7-16(8-6-14)10-3-4-12(15)11(9-10)13(17)19-2/h3-4,9,18H,5-8,15H2,1-2H3. The van der Waals surface area contributed by atoms with Crippen molar-refractivity contribution in [3.63, 3.8) is 0 Å². The lowest BCUT2D eigenvalue weighted by Crippen LogP contribution is -2.42. The summed E-state index contributed by atoms with van der Waals surface area (Å²) >= 11 is 0. The third-order valence-corrected chi connectivity index (χ3v) is 3.65. The smallest absolute Gasteiger partial charge is 0.340 e. The zero-order valence-corrected chi connectivity index (χ0v) is 11.3. The minimum absolute atomic E-state index is 0.386. The van der Waals surface area contributed by atoms with Crippen molar-refractivity contribution >= 4 is 17.3 Å². The van der Waals surface area contributed by atoms with Crippen molar-refractivity contribution in [3.8, 4) is 0 Å². The van der Waals surface area contributed by atoms with E-state index >= 15 is 0 Å². The highest BCUT2D eigenvalue weighted by Crippen LogP contribution is 2.28. The molecule has 1 aromatic rings. The van der Waals surface area contributed by atoms with Crippen molar-refractivity contribution in [2.45, 2.75) is 25.4 Å². The number of anilines is 2. The number of nitrogen functional groups attached to an aromatic ring is 1. The molecule has 0 atom stereocenters. The molecule has 0 bridgehead atoms. The highest BCUT2D eigenvalue weighted by atomic mass is 16.5. The predicted octanol–water partition coefficient (Wildman–Crippen LogP) is 1.41. The molecule has 5 nitrogen and oxygen atoms in total. The van der Waals surface area contributed by atoms with Gasteiger partial charge in [-0.2, -0.15) is 0 Å². The van der Waals surface area contributed by atoms with Crippen LogP contribution in [0.1, 0.15) is 30.1 Å². The second kappa shape index (κ2) is 5.09. The number of carbonyl (C=O) groups is 1. The zero-order valence-electron chi connectivity index (χ0n) is 11.3. The van der Waals surface area contributed by atoms with Gasteiger partial charge in [0, 0.05) is 24.5 Å². The lowest BCUT2D eigenvalue weighted by molar-refractivity contribution is 0.0351. The molecule has 2 rings (SSSR count). The molecular formula is C14H20N2O3. The molecule has 0 aromatic heterocycles. The van der Waals surface area contributed by atoms with Crippen molar-refractivity contribution in [2.24, 2.45) is 0 Å². The van der Waals surface area contributed by atoms with E-state index in [9.17, 15) is 9.90 Å². The summed E-state index contributed by atoms with van der Waals surface area (Å²) in [4.78, 5) is 13.8. The summed E-state index contributed by atoms with van der Waals surface area (Å²) in [6, 6.07) is 5.36. The number of ether oxygens (including phenoxy) is 1. The molecule has 0 aliphatic carbocycles. The van der Waals surface area contributed by atoms with Crippen LogP contribution in [0.2, 0.25) is 0 Å². The number of hydrogen-bond donors (Lipinski definition) is 2. The van der Waals surface area contributed by atoms with Gasteiger partial charge in [0.15, 0.2) is 0 Å². The van der Waals surface area contributed by atoms with Gasteiger partial charge in [-0.05, 0) is 38.0 Å². The second-order valence-electron chi connectivity index (χ2n) is 5.25. The van der Waals surface area contributed by atoms with Crippen LogP contribution >= 0.6 is 0 Å². The Hall–Kier alpha value is -1.75. The Morgan fingerprint density at radius 2 is 2.05 bits per heavy atom. The Morgan fingerprint density at radius 1 is 1.42 bits per heavy atom. The summed E-state index contributed by atoms with van der Waals surface area (Å²) in [7, 11) is 1.34. The third-order valence-electron chi connectivity index (χ3n) is 3.65. The first-order valence-corrected chi connectivity index (χ1v) is 6.38. The van der Waals surface area contributed by atoms with Crippen LogP contribution < -0.4 is 10.6 Å². The fraction of sp³-hybridized carbons (Fsp3) is 0.500. The average Bonchev–Trinajstić information content (AvgIpc) is 2.39. The lowest BCUT2D eigenvalue weighted by Gasteiger charge is -2.37. The van der Waals surface area contributed by atoms with Crippen LogP contribution in [0.5, 0.6) is 0 Å². The van der Waals surface area contributed by atoms with Crippen molar-refractivity contribution in [2.75, 3.05) is 30.8 Å². The van der Waals surface area contributed by atoms with Crippen LogP contribution in [-0.2, 0) is 4.74 Å². The van der Waals surface area contributed by atoms with E-state index in [2.05, 4.69) is 4.90 Å². The topological polar surface area (TPSA) is 75.8 Å². The molecule has 1 aliphatic rings. The predicted molar refractivity (Wildman–Crippen MR) is 74.3 cm³/mol. The summed E-state index contributed by atoms with van der Waals surface area (Å²) < 4.78 is 4.72. The Kier molecular flexibility index (Phi) is 3.66. The van der Waals surface area contributed by atoms with E-state index in [1.54, 1.807) is 12.1 Å². The van der Waals surface area contributed by atoms with Crippen LogP contribution in [0.4, 0.5) is 11.4 Å². The van der Waals surface area contributed by atoms with E-state index in [-0.39, 0.29) is 0 Å². The summed E-state index contributed by atoms with van der Waals surface area (Å²) in [5.41, 5.74) is 6.93. The van der Waals surface area contributed by atoms with Gasteiger partial charge in [-0.1, -0.05) is 0 Å². The number of nitrogens with zero attached hydrogens (tertiary/aromatic N) is 1. The Balaban J connectivity index is 2.20. The van der Waals surface area contributed by atoms with Gasteiger partial charge in [0.25, 0.3) is 0 Å². The molecule has 0 radical (unpaired) electrons. The molecule has 1 aromatic carbocycles. The number of aliphatic hydroxyl groups is 1. The van der Waals surface area contributed by atoms with Gasteiger partial charge >= 0.3 is 5.97 Å². The zero-order chi connectivity index (χ0) is 14.0. The number of carbonyl (C=O) groups excluding carboxylic acids is 1. The second-order valence-corrected chi connectivity index (χ2v) is 5.25. The molecule has 1 heterocycles. The number of methoxy groups -OCH3 is 1. The number of hydrogen-bond acceptors (Lipinski definition) is 5. The van der Waals surface area contributed by atoms with Gasteiger partial charge in [0.05, 0.1) is 18.3 Å². The highest BCUT2D eigenvalue weighted by molar-refractivity contribution is 5.96. The fourth-order valence-electron chi connectivity index (χ4n) is 2.27. The molecule has 5 heteroatoms. The van der Waals surface area contributed by atoms with Gasteiger partial charge in [0.1, 0.15) is 0 Å². The van der Waals surface area contributed by atoms with E-state index in [0.29, 0.717) is 24.1 Å². The lowest BCUT2D eigenvalue weighted by atomic mass is 9.93. The summed E-state index contributed by atoms with van der Waals surface area (Å²) in [6.07, 6.45) is 1.43. The molecule has 3 N–H and O–H groups in total. The Bertz CT molecular complexity index is 476. The molecule has 1 aliphatic heterocycles. The Labute approximate surface area is 113 Å². The van der Waals surface area contributed by atoms with E-state index in [4.69, 9.17) is 10.5 Å². The van der Waals surface area contributed by atoms with E-state index in [1.165, 1.54) is 7.11 Å². The number of piperidine rings is 1. The van der Waals surface area contributed by atoms with Gasteiger partial charge in [0.2, 0.25) is 0 Å². The summed E-state index contributed by atoms with van der Waals surface area (Å²) in [5, 5.41) is 9.94. The number of nitrogens with two attached hydrogens (primary N) is 1. The van der Waals surface area contributed by atoms with Crippen LogP contribution in [0.3, 0.4) is 0 Å². The van der Waals surface area contributed by atoms with Crippen LogP contribution in [0.25, 0.3) is 0 Å². The van der Waals surface area contributed by atoms with Crippen LogP contribution in [-0.4, -0.2) is 36.9 Å². The van der Waals surface area contributed by atoms with Gasteiger partial charge in [-0.25, -0.2) is 4.79 Å².